The number of fused-ring (bicyclic) bond motifs is 7. The summed E-state index contributed by atoms with van der Waals surface area (Å²) in [5, 5.41) is 12.1. The lowest BCUT2D eigenvalue weighted by molar-refractivity contribution is -0.118. The smallest absolute Gasteiger partial charge is 0.231 e. The molecule has 0 fully saturated rings. The Hall–Kier alpha value is -8.17. The zero-order valence-corrected chi connectivity index (χ0v) is 72.4. The van der Waals surface area contributed by atoms with Crippen molar-refractivity contribution in [2.24, 2.45) is 5.41 Å². The molecule has 3 aliphatic heterocycles. The summed E-state index contributed by atoms with van der Waals surface area (Å²) >= 11 is 0. The van der Waals surface area contributed by atoms with Gasteiger partial charge in [0.05, 0.1) is 29.4 Å². The van der Waals surface area contributed by atoms with Crippen LogP contribution in [0.15, 0.2) is 199 Å². The Balaban J connectivity index is 0.000000406. The van der Waals surface area contributed by atoms with Crippen LogP contribution in [0.2, 0.25) is 0 Å². The third-order valence-electron chi connectivity index (χ3n) is 17.3. The summed E-state index contributed by atoms with van der Waals surface area (Å²) in [4.78, 5) is 18.7. The molecule has 1 aliphatic carbocycles. The van der Waals surface area contributed by atoms with Crippen molar-refractivity contribution in [2.45, 2.75) is 294 Å². The topological polar surface area (TPSA) is 75.6 Å². The molecule has 1 amide bonds. The maximum Gasteiger partial charge on any atom is 0.231 e. The van der Waals surface area contributed by atoms with E-state index < -0.39 is 0 Å². The molecule has 0 bridgehead atoms. The molecule has 0 unspecified atom stereocenters. The van der Waals surface area contributed by atoms with Gasteiger partial charge in [-0.3, -0.25) is 9.48 Å². The van der Waals surface area contributed by atoms with E-state index in [9.17, 15) is 4.79 Å². The molecule has 0 spiro atoms. The number of carbonyl (C=O) groups excluding carboxylic acids is 1. The van der Waals surface area contributed by atoms with Crippen LogP contribution in [0.4, 0.5) is 17.1 Å². The Morgan fingerprint density at radius 3 is 1.35 bits per heavy atom. The van der Waals surface area contributed by atoms with Gasteiger partial charge in [-0.25, -0.2) is 0 Å². The largest absolute Gasteiger partial charge is 0.366 e. The van der Waals surface area contributed by atoms with E-state index in [1.165, 1.54) is 93.4 Å². The molecule has 105 heavy (non-hydrogen) atoms. The van der Waals surface area contributed by atoms with Gasteiger partial charge in [0.1, 0.15) is 0 Å². The molecular weight excluding hydrogens is 1280 g/mol. The van der Waals surface area contributed by atoms with Crippen LogP contribution in [-0.4, -0.2) is 55.1 Å². The Kier molecular flexibility index (Phi) is 37.9. The first-order valence-corrected chi connectivity index (χ1v) is 39.8. The molecule has 14 rings (SSSR count). The minimum Gasteiger partial charge on any atom is -0.366 e. The van der Waals surface area contributed by atoms with Crippen LogP contribution in [0.25, 0.3) is 38.3 Å². The predicted octanol–water partition coefficient (Wildman–Crippen LogP) is 27.6. The molecule has 9 heteroatoms. The molecule has 9 nitrogen and oxygen atoms in total. The summed E-state index contributed by atoms with van der Waals surface area (Å²) in [6.07, 6.45) is 11.8. The Morgan fingerprint density at radius 1 is 0.390 bits per heavy atom. The fourth-order valence-corrected chi connectivity index (χ4v) is 12.8. The van der Waals surface area contributed by atoms with Crippen LogP contribution in [0.3, 0.4) is 0 Å². The van der Waals surface area contributed by atoms with Crippen LogP contribution in [0.1, 0.15) is 268 Å². The van der Waals surface area contributed by atoms with Crippen molar-refractivity contribution < 1.29 is 9.32 Å². The predicted molar refractivity (Wildman–Crippen MR) is 467 cm³/mol. The lowest BCUT2D eigenvalue weighted by atomic mass is 9.83. The third kappa shape index (κ3) is 26.7. The quantitative estimate of drug-likeness (QED) is 0.151. The average molecular weight is 1430 g/mol. The second kappa shape index (κ2) is 42.8. The standard InChI is InChI=1S/C13H19N.C13H16.C12H15NO.C12H17N.C12H15N.C11H14N2.C11H13NO.6C2H6/c1-13(2,3)14-10-6-8-11-7-4-5-9-12(11)14;1-13(2,3)12-9-8-10-6-4-5-7-11(10)12;1-12(2,3)13-10-7-5-4-6-9(10)8-11(13)14;2*1-12(2,3)13-9-8-10-6-4-5-7-11(10)13;1-11(2,3)13-10-7-5-4-6-9(10)8-12-13;1-11(2,3)10-8-6-4-5-7-9(8)13-12-10;6*1-2/h4-5,7,9H,6,8,10H2,1-3H3;4-7,9H,8H2,1-3H3;4-7H,8H2,1-3H3;4-7H,8-9H2,1-3H3;4-9H,1-3H3;4-8H,1-3H3;4-7H,1-3H3;6*1-2H3. The van der Waals surface area contributed by atoms with Gasteiger partial charge in [0.2, 0.25) is 5.91 Å². The molecule has 0 N–H and O–H groups in total. The number of hydrogen-bond acceptors (Lipinski definition) is 6. The number of carbonyl (C=O) groups is 1. The molecule has 0 saturated heterocycles. The van der Waals surface area contributed by atoms with Crippen molar-refractivity contribution in [3.8, 4) is 0 Å². The summed E-state index contributed by atoms with van der Waals surface area (Å²) in [6, 6.07) is 61.1. The fourth-order valence-electron chi connectivity index (χ4n) is 12.8. The Bertz CT molecular complexity index is 3920. The van der Waals surface area contributed by atoms with Gasteiger partial charge in [0, 0.05) is 80.2 Å². The first kappa shape index (κ1) is 92.9. The average Bonchev–Trinajstić information content (AvgIpc) is 1.81. The number of rotatable bonds is 0. The number of benzene rings is 7. The number of anilines is 3. The van der Waals surface area contributed by atoms with Gasteiger partial charge >= 0.3 is 0 Å². The molecule has 3 aromatic heterocycles. The van der Waals surface area contributed by atoms with Crippen molar-refractivity contribution in [3.05, 3.63) is 228 Å². The number of hydrogen-bond donors (Lipinski definition) is 0. The molecule has 0 atom stereocenters. The van der Waals surface area contributed by atoms with Gasteiger partial charge in [-0.2, -0.15) is 5.10 Å². The number of nitrogens with zero attached hydrogens (tertiary/aromatic N) is 7. The maximum atomic E-state index is 11.8. The highest BCUT2D eigenvalue weighted by atomic mass is 16.5. The minimum absolute atomic E-state index is 0.0482. The summed E-state index contributed by atoms with van der Waals surface area (Å²) in [5.74, 6) is 0.207. The van der Waals surface area contributed by atoms with Crippen LogP contribution in [0.5, 0.6) is 0 Å². The van der Waals surface area contributed by atoms with Gasteiger partial charge < -0.3 is 23.8 Å². The Morgan fingerprint density at radius 2 is 0.838 bits per heavy atom. The number of para-hydroxylation sites is 6. The molecule has 10 aromatic rings. The van der Waals surface area contributed by atoms with Crippen LogP contribution < -0.4 is 14.7 Å². The van der Waals surface area contributed by atoms with E-state index in [0.717, 1.165) is 34.3 Å². The van der Waals surface area contributed by atoms with Gasteiger partial charge in [-0.05, 0) is 222 Å². The first-order valence-electron chi connectivity index (χ1n) is 39.8. The number of allylic oxidation sites excluding steroid dienone is 2. The van der Waals surface area contributed by atoms with Crippen molar-refractivity contribution in [1.82, 2.24) is 19.5 Å². The molecule has 0 saturated carbocycles. The molecule has 0 radical (unpaired) electrons. The highest BCUT2D eigenvalue weighted by Gasteiger charge is 2.35. The van der Waals surface area contributed by atoms with Gasteiger partial charge in [-0.15, -0.1) is 0 Å². The number of aromatic nitrogens is 4. The minimum atomic E-state index is -0.121. The summed E-state index contributed by atoms with van der Waals surface area (Å²) in [6.45, 7) is 72.6. The number of amides is 1. The molecule has 576 valence electrons. The SMILES string of the molecule is CC.CC.CC.CC.CC.CC.CC(C)(C)C1=CCc2ccccc21.CC(C)(C)N1C(=O)Cc2ccccc21.CC(C)(C)N1CCCc2ccccc21.CC(C)(C)N1CCc2ccccc21.CC(C)(C)c1noc2ccccc12.CC(C)(C)n1ccc2ccccc21.CC(C)(C)n1ncc2ccccc21. The highest BCUT2D eigenvalue weighted by molar-refractivity contribution is 6.02. The van der Waals surface area contributed by atoms with E-state index in [1.807, 2.05) is 155 Å². The summed E-state index contributed by atoms with van der Waals surface area (Å²) < 4.78 is 9.59. The normalized spacial score (nSPS) is 13.1. The third-order valence-corrected chi connectivity index (χ3v) is 17.3. The van der Waals surface area contributed by atoms with E-state index in [2.05, 4.69) is 302 Å². The lowest BCUT2D eigenvalue weighted by Gasteiger charge is -2.41. The van der Waals surface area contributed by atoms with Crippen molar-refractivity contribution in [1.29, 1.82) is 0 Å². The van der Waals surface area contributed by atoms with E-state index >= 15 is 0 Å². The van der Waals surface area contributed by atoms with Crippen LogP contribution in [-0.2, 0) is 47.0 Å². The maximum absolute atomic E-state index is 11.8. The van der Waals surface area contributed by atoms with E-state index in [4.69, 9.17) is 4.52 Å². The highest BCUT2D eigenvalue weighted by Crippen LogP contribution is 2.41. The van der Waals surface area contributed by atoms with Gasteiger partial charge in [0.15, 0.2) is 5.58 Å². The fraction of sp³-hybridized carbons (Fsp3) is 0.490. The number of aryl methyl sites for hydroxylation is 1. The van der Waals surface area contributed by atoms with E-state index in [-0.39, 0.29) is 44.4 Å². The summed E-state index contributed by atoms with van der Waals surface area (Å²) in [7, 11) is 0. The van der Waals surface area contributed by atoms with Crippen molar-refractivity contribution >= 4 is 61.3 Å². The second-order valence-corrected chi connectivity index (χ2v) is 32.2. The Labute approximate surface area is 641 Å². The van der Waals surface area contributed by atoms with Crippen LogP contribution in [0, 0.1) is 5.41 Å². The monoisotopic (exact) mass is 1430 g/mol. The van der Waals surface area contributed by atoms with Gasteiger partial charge in [-0.1, -0.05) is 263 Å². The molecule has 7 aromatic carbocycles. The zero-order chi connectivity index (χ0) is 79.9. The molecule has 4 aliphatic rings. The molecule has 6 heterocycles. The zero-order valence-electron chi connectivity index (χ0n) is 72.4. The van der Waals surface area contributed by atoms with Crippen molar-refractivity contribution in [3.63, 3.8) is 0 Å². The van der Waals surface area contributed by atoms with Crippen LogP contribution >= 0.6 is 0 Å². The molecular formula is C96H145N7O2. The second-order valence-electron chi connectivity index (χ2n) is 32.2. The first-order chi connectivity index (χ1) is 49.5. The van der Waals surface area contributed by atoms with Gasteiger partial charge in [0.25, 0.3) is 0 Å². The van der Waals surface area contributed by atoms with E-state index in [1.54, 1.807) is 0 Å². The summed E-state index contributed by atoms with van der Waals surface area (Å²) in [5.41, 5.74) is 17.9. The van der Waals surface area contributed by atoms with E-state index in [0.29, 0.717) is 6.42 Å². The lowest BCUT2D eigenvalue weighted by Crippen LogP contribution is -2.44. The van der Waals surface area contributed by atoms with Crippen molar-refractivity contribution in [2.75, 3.05) is 27.8 Å².